The van der Waals surface area contributed by atoms with Gasteiger partial charge >= 0.3 is 0 Å². The summed E-state index contributed by atoms with van der Waals surface area (Å²) in [4.78, 5) is 24.8. The first-order valence-corrected chi connectivity index (χ1v) is 11.3. The first kappa shape index (κ1) is 20.5. The van der Waals surface area contributed by atoms with Crippen molar-refractivity contribution in [3.63, 3.8) is 0 Å². The molecule has 4 aromatic rings. The zero-order valence-electron chi connectivity index (χ0n) is 18.1. The predicted octanol–water partition coefficient (Wildman–Crippen LogP) is 5.07. The van der Waals surface area contributed by atoms with Gasteiger partial charge in [0, 0.05) is 6.20 Å². The van der Waals surface area contributed by atoms with Gasteiger partial charge in [-0.15, -0.1) is 0 Å². The fourth-order valence-electron chi connectivity index (χ4n) is 3.77. The van der Waals surface area contributed by atoms with Crippen molar-refractivity contribution in [2.75, 3.05) is 4.90 Å². The molecule has 1 aliphatic heterocycles. The Hall–Kier alpha value is -3.45. The van der Waals surface area contributed by atoms with E-state index in [1.54, 1.807) is 11.1 Å². The largest absolute Gasteiger partial charge is 0.482 e. The molecule has 7 heteroatoms. The summed E-state index contributed by atoms with van der Waals surface area (Å²) in [6, 6.07) is 17.2. The van der Waals surface area contributed by atoms with Crippen LogP contribution >= 0.6 is 11.3 Å². The van der Waals surface area contributed by atoms with Crippen LogP contribution in [0.25, 0.3) is 10.2 Å². The van der Waals surface area contributed by atoms with E-state index >= 15 is 0 Å². The lowest BCUT2D eigenvalue weighted by atomic mass is 10.1. The Morgan fingerprint density at radius 1 is 1.03 bits per heavy atom. The van der Waals surface area contributed by atoms with Gasteiger partial charge in [-0.25, -0.2) is 4.98 Å². The summed E-state index contributed by atoms with van der Waals surface area (Å²) in [5.41, 5.74) is 3.99. The average Bonchev–Trinajstić information content (AvgIpc) is 3.24. The Labute approximate surface area is 190 Å². The molecule has 32 heavy (non-hydrogen) atoms. The number of ether oxygens (including phenoxy) is 2. The highest BCUT2D eigenvalue weighted by Gasteiger charge is 2.38. The van der Waals surface area contributed by atoms with Crippen molar-refractivity contribution < 1.29 is 14.3 Å². The highest BCUT2D eigenvalue weighted by molar-refractivity contribution is 7.22. The minimum absolute atomic E-state index is 0.203. The summed E-state index contributed by atoms with van der Waals surface area (Å²) in [7, 11) is 0. The summed E-state index contributed by atoms with van der Waals surface area (Å²) >= 11 is 1.50. The van der Waals surface area contributed by atoms with Gasteiger partial charge < -0.3 is 9.47 Å². The van der Waals surface area contributed by atoms with Crippen molar-refractivity contribution >= 4 is 32.6 Å². The smallest absolute Gasteiger partial charge is 0.274 e. The van der Waals surface area contributed by atoms with E-state index in [1.165, 1.54) is 16.9 Å². The zero-order chi connectivity index (χ0) is 22.2. The number of amides is 1. The van der Waals surface area contributed by atoms with Crippen LogP contribution in [0.4, 0.5) is 5.13 Å². The molecule has 0 bridgehead atoms. The molecule has 2 aromatic carbocycles. The molecular formula is C25H23N3O3S. The van der Waals surface area contributed by atoms with Crippen LogP contribution in [-0.4, -0.2) is 28.1 Å². The number of aryl methyl sites for hydroxylation is 2. The summed E-state index contributed by atoms with van der Waals surface area (Å²) < 4.78 is 13.1. The maximum atomic E-state index is 13.8. The number of anilines is 1. The number of hydrogen-bond donors (Lipinski definition) is 0. The molecule has 0 saturated carbocycles. The number of fused-ring (bicyclic) bond motifs is 2. The van der Waals surface area contributed by atoms with Crippen LogP contribution in [0.5, 0.6) is 11.5 Å². The van der Waals surface area contributed by atoms with E-state index in [0.29, 0.717) is 23.2 Å². The Bertz CT molecular complexity index is 1290. The first-order chi connectivity index (χ1) is 15.5. The summed E-state index contributed by atoms with van der Waals surface area (Å²) in [5.74, 6) is 1.01. The topological polar surface area (TPSA) is 64.6 Å². The second-order valence-corrected chi connectivity index (χ2v) is 8.91. The fraction of sp³-hybridized carbons (Fsp3) is 0.240. The average molecular weight is 446 g/mol. The van der Waals surface area contributed by atoms with Crippen LogP contribution in [0.2, 0.25) is 0 Å². The number of benzene rings is 2. The highest BCUT2D eigenvalue weighted by Crippen LogP contribution is 2.36. The Balaban J connectivity index is 1.54. The van der Waals surface area contributed by atoms with Crippen LogP contribution in [0, 0.1) is 13.8 Å². The maximum absolute atomic E-state index is 13.8. The minimum atomic E-state index is -0.788. The first-order valence-electron chi connectivity index (χ1n) is 10.5. The van der Waals surface area contributed by atoms with Crippen molar-refractivity contribution in [3.8, 4) is 11.5 Å². The van der Waals surface area contributed by atoms with Crippen LogP contribution in [0.1, 0.15) is 23.7 Å². The Morgan fingerprint density at radius 3 is 2.53 bits per heavy atom. The second-order valence-electron chi connectivity index (χ2n) is 7.90. The number of thiazole rings is 1. The number of rotatable bonds is 4. The van der Waals surface area contributed by atoms with Gasteiger partial charge in [-0.1, -0.05) is 35.6 Å². The molecule has 0 fully saturated rings. The standard InChI is InChI=1S/C25H23N3O3S/c1-15-11-12-21-22(16(15)2)27-25(32-21)28(14-18-8-6-7-13-26-18)24(29)23-17(3)30-19-9-4-5-10-20(19)31-23/h4-13,17,23H,14H2,1-3H3. The predicted molar refractivity (Wildman–Crippen MR) is 125 cm³/mol. The number of nitrogens with zero attached hydrogens (tertiary/aromatic N) is 3. The molecule has 0 saturated heterocycles. The minimum Gasteiger partial charge on any atom is -0.482 e. The van der Waals surface area contributed by atoms with Gasteiger partial charge in [-0.2, -0.15) is 0 Å². The number of hydrogen-bond acceptors (Lipinski definition) is 6. The molecule has 0 spiro atoms. The lowest BCUT2D eigenvalue weighted by Gasteiger charge is -2.33. The van der Waals surface area contributed by atoms with E-state index < -0.39 is 12.2 Å². The van der Waals surface area contributed by atoms with Gasteiger partial charge in [-0.3, -0.25) is 14.7 Å². The van der Waals surface area contributed by atoms with E-state index in [1.807, 2.05) is 49.4 Å². The third kappa shape index (κ3) is 3.69. The van der Waals surface area contributed by atoms with Gasteiger partial charge in [0.1, 0.15) is 6.10 Å². The number of carbonyl (C=O) groups is 1. The van der Waals surface area contributed by atoms with Gasteiger partial charge in [0.25, 0.3) is 5.91 Å². The summed E-state index contributed by atoms with van der Waals surface area (Å²) in [5, 5.41) is 0.624. The maximum Gasteiger partial charge on any atom is 0.274 e. The van der Waals surface area contributed by atoms with Gasteiger partial charge in [0.15, 0.2) is 16.6 Å². The molecule has 0 N–H and O–H groups in total. The normalized spacial score (nSPS) is 17.3. The third-order valence-corrected chi connectivity index (χ3v) is 6.75. The zero-order valence-corrected chi connectivity index (χ0v) is 18.9. The lowest BCUT2D eigenvalue weighted by Crippen LogP contribution is -2.50. The van der Waals surface area contributed by atoms with E-state index in [0.717, 1.165) is 21.5 Å². The molecular weight excluding hydrogens is 422 g/mol. The van der Waals surface area contributed by atoms with Crippen LogP contribution in [0.15, 0.2) is 60.8 Å². The van der Waals surface area contributed by atoms with Crippen molar-refractivity contribution in [1.29, 1.82) is 0 Å². The number of pyridine rings is 1. The number of carbonyl (C=O) groups excluding carboxylic acids is 1. The number of aromatic nitrogens is 2. The SMILES string of the molecule is Cc1ccc2sc(N(Cc3ccccn3)C(=O)C3Oc4ccccc4OC3C)nc2c1C. The molecule has 2 unspecified atom stereocenters. The molecule has 162 valence electrons. The molecule has 6 nitrogen and oxygen atoms in total. The molecule has 2 aromatic heterocycles. The molecule has 2 atom stereocenters. The highest BCUT2D eigenvalue weighted by atomic mass is 32.1. The van der Waals surface area contributed by atoms with Crippen molar-refractivity contribution in [2.24, 2.45) is 0 Å². The van der Waals surface area contributed by atoms with Crippen molar-refractivity contribution in [1.82, 2.24) is 9.97 Å². The van der Waals surface area contributed by atoms with Crippen LogP contribution in [0.3, 0.4) is 0 Å². The van der Waals surface area contributed by atoms with Gasteiger partial charge in [-0.05, 0) is 62.2 Å². The van der Waals surface area contributed by atoms with E-state index in [9.17, 15) is 4.79 Å². The number of para-hydroxylation sites is 2. The quantitative estimate of drug-likeness (QED) is 0.439. The summed E-state index contributed by atoms with van der Waals surface area (Å²) in [6.07, 6.45) is 0.494. The lowest BCUT2D eigenvalue weighted by molar-refractivity contribution is -0.130. The Morgan fingerprint density at radius 2 is 1.78 bits per heavy atom. The second kappa shape index (κ2) is 8.24. The van der Waals surface area contributed by atoms with Crippen LogP contribution in [-0.2, 0) is 11.3 Å². The summed E-state index contributed by atoms with van der Waals surface area (Å²) in [6.45, 7) is 6.27. The fourth-order valence-corrected chi connectivity index (χ4v) is 4.80. The van der Waals surface area contributed by atoms with Gasteiger partial charge in [0.05, 0.1) is 22.5 Å². The van der Waals surface area contributed by atoms with Crippen molar-refractivity contribution in [2.45, 2.75) is 39.5 Å². The monoisotopic (exact) mass is 445 g/mol. The van der Waals surface area contributed by atoms with E-state index in [4.69, 9.17) is 14.5 Å². The third-order valence-electron chi connectivity index (χ3n) is 5.70. The Kier molecular flexibility index (Phi) is 5.27. The molecule has 0 aliphatic carbocycles. The van der Waals surface area contributed by atoms with E-state index in [-0.39, 0.29) is 5.91 Å². The molecule has 1 aliphatic rings. The molecule has 0 radical (unpaired) electrons. The van der Waals surface area contributed by atoms with Gasteiger partial charge in [0.2, 0.25) is 6.10 Å². The van der Waals surface area contributed by atoms with E-state index in [2.05, 4.69) is 31.0 Å². The van der Waals surface area contributed by atoms with Crippen LogP contribution < -0.4 is 14.4 Å². The molecule has 1 amide bonds. The molecule has 3 heterocycles. The molecule has 5 rings (SSSR count). The van der Waals surface area contributed by atoms with Crippen molar-refractivity contribution in [3.05, 3.63) is 77.6 Å².